The Morgan fingerprint density at radius 2 is 1.62 bits per heavy atom. The molecule has 0 spiro atoms. The molecule has 26 heavy (non-hydrogen) atoms. The third-order valence-corrected chi connectivity index (χ3v) is 5.42. The number of anilines is 1. The van der Waals surface area contributed by atoms with E-state index in [4.69, 9.17) is 22.1 Å². The second-order valence-electron chi connectivity index (χ2n) is 5.47. The number of hydrogen-bond acceptors (Lipinski definition) is 4. The average Bonchev–Trinajstić information content (AvgIpc) is 2.63. The molecule has 0 bridgehead atoms. The van der Waals surface area contributed by atoms with Crippen molar-refractivity contribution in [2.24, 2.45) is 5.73 Å². The molecule has 3 aromatic carbocycles. The van der Waals surface area contributed by atoms with E-state index in [2.05, 4.69) is 4.72 Å². The van der Waals surface area contributed by atoms with Gasteiger partial charge in [0, 0.05) is 22.8 Å². The van der Waals surface area contributed by atoms with Crippen LogP contribution in [0.25, 0.3) is 0 Å². The normalized spacial score (nSPS) is 11.2. The molecule has 0 amide bonds. The summed E-state index contributed by atoms with van der Waals surface area (Å²) < 4.78 is 33.2. The van der Waals surface area contributed by atoms with Crippen LogP contribution < -0.4 is 15.2 Å². The minimum Gasteiger partial charge on any atom is -0.457 e. The fraction of sp³-hybridized carbons (Fsp3) is 0.0526. The molecule has 5 nitrogen and oxygen atoms in total. The first-order chi connectivity index (χ1) is 12.5. The summed E-state index contributed by atoms with van der Waals surface area (Å²) in [6, 6.07) is 20.1. The molecule has 0 saturated heterocycles. The van der Waals surface area contributed by atoms with E-state index in [-0.39, 0.29) is 11.4 Å². The Kier molecular flexibility index (Phi) is 5.46. The molecule has 0 fully saturated rings. The minimum atomic E-state index is -3.67. The zero-order valence-corrected chi connectivity index (χ0v) is 15.3. The van der Waals surface area contributed by atoms with E-state index in [0.29, 0.717) is 27.8 Å². The van der Waals surface area contributed by atoms with Gasteiger partial charge in [-0.05, 0) is 48.5 Å². The Morgan fingerprint density at radius 1 is 0.923 bits per heavy atom. The van der Waals surface area contributed by atoms with Crippen LogP contribution in [-0.2, 0) is 16.6 Å². The van der Waals surface area contributed by atoms with Crippen molar-refractivity contribution < 1.29 is 13.2 Å². The van der Waals surface area contributed by atoms with Crippen molar-refractivity contribution in [1.29, 1.82) is 0 Å². The lowest BCUT2D eigenvalue weighted by molar-refractivity contribution is 0.476. The molecule has 3 aromatic rings. The molecule has 0 aliphatic heterocycles. The van der Waals surface area contributed by atoms with Gasteiger partial charge in [0.25, 0.3) is 10.0 Å². The number of sulfonamides is 1. The Labute approximate surface area is 157 Å². The van der Waals surface area contributed by atoms with Gasteiger partial charge >= 0.3 is 0 Å². The van der Waals surface area contributed by atoms with Crippen LogP contribution in [0.1, 0.15) is 5.56 Å². The van der Waals surface area contributed by atoms with Crippen LogP contribution in [0.2, 0.25) is 5.02 Å². The summed E-state index contributed by atoms with van der Waals surface area (Å²) in [7, 11) is -3.67. The summed E-state index contributed by atoms with van der Waals surface area (Å²) in [5, 5.41) is 0.524. The zero-order chi connectivity index (χ0) is 18.6. The lowest BCUT2D eigenvalue weighted by Crippen LogP contribution is -2.12. The van der Waals surface area contributed by atoms with Gasteiger partial charge in [0.2, 0.25) is 0 Å². The first kappa shape index (κ1) is 18.3. The Morgan fingerprint density at radius 3 is 2.27 bits per heavy atom. The van der Waals surface area contributed by atoms with Gasteiger partial charge in [-0.3, -0.25) is 4.72 Å². The SMILES string of the molecule is NCc1c(Cl)cccc1Oc1ccc(S(=O)(=O)Nc2ccccc2)cc1. The summed E-state index contributed by atoms with van der Waals surface area (Å²) in [6.07, 6.45) is 0. The number of halogens is 1. The quantitative estimate of drug-likeness (QED) is 0.656. The largest absolute Gasteiger partial charge is 0.457 e. The van der Waals surface area contributed by atoms with Crippen LogP contribution in [0.5, 0.6) is 11.5 Å². The average molecular weight is 389 g/mol. The van der Waals surface area contributed by atoms with E-state index >= 15 is 0 Å². The van der Waals surface area contributed by atoms with Crippen LogP contribution in [0, 0.1) is 0 Å². The zero-order valence-electron chi connectivity index (χ0n) is 13.7. The molecule has 3 N–H and O–H groups in total. The standard InChI is InChI=1S/C19H17ClN2O3S/c20-18-7-4-8-19(17(18)13-21)25-15-9-11-16(12-10-15)26(23,24)22-14-5-2-1-3-6-14/h1-12,22H,13,21H2. The molecule has 0 aromatic heterocycles. The topological polar surface area (TPSA) is 81.4 Å². The van der Waals surface area contributed by atoms with E-state index < -0.39 is 10.0 Å². The summed E-state index contributed by atoms with van der Waals surface area (Å²) in [5.74, 6) is 1.03. The maximum Gasteiger partial charge on any atom is 0.261 e. The predicted molar refractivity (Wildman–Crippen MR) is 103 cm³/mol. The van der Waals surface area contributed by atoms with E-state index in [1.165, 1.54) is 12.1 Å². The van der Waals surface area contributed by atoms with Gasteiger partial charge in [0.1, 0.15) is 11.5 Å². The molecule has 0 saturated carbocycles. The molecule has 0 aliphatic rings. The fourth-order valence-corrected chi connectivity index (χ4v) is 3.67. The number of rotatable bonds is 6. The van der Waals surface area contributed by atoms with E-state index in [1.54, 1.807) is 54.6 Å². The molecule has 0 aliphatic carbocycles. The summed E-state index contributed by atoms with van der Waals surface area (Å²) in [6.45, 7) is 0.239. The number of hydrogen-bond donors (Lipinski definition) is 2. The van der Waals surface area contributed by atoms with Gasteiger partial charge in [0.15, 0.2) is 0 Å². The van der Waals surface area contributed by atoms with Crippen LogP contribution in [0.4, 0.5) is 5.69 Å². The van der Waals surface area contributed by atoms with Gasteiger partial charge in [-0.1, -0.05) is 35.9 Å². The van der Waals surface area contributed by atoms with E-state index in [0.717, 1.165) is 0 Å². The third-order valence-electron chi connectivity index (χ3n) is 3.67. The van der Waals surface area contributed by atoms with E-state index in [1.807, 2.05) is 6.07 Å². The smallest absolute Gasteiger partial charge is 0.261 e. The second kappa shape index (κ2) is 7.78. The van der Waals surface area contributed by atoms with Crippen LogP contribution in [0.15, 0.2) is 77.7 Å². The number of para-hydroxylation sites is 1. The van der Waals surface area contributed by atoms with Crippen molar-refractivity contribution in [2.45, 2.75) is 11.4 Å². The third kappa shape index (κ3) is 4.16. The van der Waals surface area contributed by atoms with Gasteiger partial charge < -0.3 is 10.5 Å². The van der Waals surface area contributed by atoms with Crippen LogP contribution >= 0.6 is 11.6 Å². The Hall–Kier alpha value is -2.54. The molecule has 0 atom stereocenters. The van der Waals surface area contributed by atoms with Crippen molar-refractivity contribution in [2.75, 3.05) is 4.72 Å². The number of benzene rings is 3. The lowest BCUT2D eigenvalue weighted by Gasteiger charge is -2.12. The first-order valence-electron chi connectivity index (χ1n) is 7.83. The highest BCUT2D eigenvalue weighted by atomic mass is 35.5. The van der Waals surface area contributed by atoms with Gasteiger partial charge in [-0.15, -0.1) is 0 Å². The minimum absolute atomic E-state index is 0.138. The highest BCUT2D eigenvalue weighted by Crippen LogP contribution is 2.30. The molecular formula is C19H17ClN2O3S. The second-order valence-corrected chi connectivity index (χ2v) is 7.56. The summed E-state index contributed by atoms with van der Waals surface area (Å²) >= 11 is 6.11. The predicted octanol–water partition coefficient (Wildman–Crippen LogP) is 4.39. The monoisotopic (exact) mass is 388 g/mol. The van der Waals surface area contributed by atoms with Gasteiger partial charge in [-0.25, -0.2) is 8.42 Å². The maximum absolute atomic E-state index is 12.4. The summed E-state index contributed by atoms with van der Waals surface area (Å²) in [5.41, 5.74) is 6.90. The highest BCUT2D eigenvalue weighted by molar-refractivity contribution is 7.92. The van der Waals surface area contributed by atoms with Crippen molar-refractivity contribution >= 4 is 27.3 Å². The molecule has 3 rings (SSSR count). The number of nitrogens with two attached hydrogens (primary N) is 1. The molecule has 0 radical (unpaired) electrons. The number of nitrogens with one attached hydrogen (secondary N) is 1. The Balaban J connectivity index is 1.80. The molecule has 7 heteroatoms. The van der Waals surface area contributed by atoms with Crippen molar-refractivity contribution in [3.05, 3.63) is 83.4 Å². The maximum atomic E-state index is 12.4. The van der Waals surface area contributed by atoms with Gasteiger partial charge in [0.05, 0.1) is 4.90 Å². The summed E-state index contributed by atoms with van der Waals surface area (Å²) in [4.78, 5) is 0.138. The van der Waals surface area contributed by atoms with Crippen LogP contribution in [0.3, 0.4) is 0 Å². The number of ether oxygens (including phenoxy) is 1. The first-order valence-corrected chi connectivity index (χ1v) is 9.69. The molecule has 134 valence electrons. The molecule has 0 heterocycles. The van der Waals surface area contributed by atoms with Crippen molar-refractivity contribution in [3.8, 4) is 11.5 Å². The molecular weight excluding hydrogens is 372 g/mol. The Bertz CT molecular complexity index is 991. The highest BCUT2D eigenvalue weighted by Gasteiger charge is 2.14. The van der Waals surface area contributed by atoms with Crippen molar-refractivity contribution in [1.82, 2.24) is 0 Å². The van der Waals surface area contributed by atoms with Crippen molar-refractivity contribution in [3.63, 3.8) is 0 Å². The van der Waals surface area contributed by atoms with Gasteiger partial charge in [-0.2, -0.15) is 0 Å². The molecule has 0 unspecified atom stereocenters. The van der Waals surface area contributed by atoms with E-state index in [9.17, 15) is 8.42 Å². The fourth-order valence-electron chi connectivity index (χ4n) is 2.37. The van der Waals surface area contributed by atoms with Crippen LogP contribution in [-0.4, -0.2) is 8.42 Å². The lowest BCUT2D eigenvalue weighted by atomic mass is 10.2.